The van der Waals surface area contributed by atoms with E-state index in [1.165, 1.54) is 25.7 Å². The van der Waals surface area contributed by atoms with Crippen LogP contribution in [0.15, 0.2) is 4.99 Å². The van der Waals surface area contributed by atoms with E-state index in [0.717, 1.165) is 25.7 Å². The van der Waals surface area contributed by atoms with Crippen molar-refractivity contribution in [2.75, 3.05) is 26.8 Å². The molecule has 0 aromatic rings. The molecule has 4 nitrogen and oxygen atoms in total. The third kappa shape index (κ3) is 3.09. The number of ether oxygens (including phenoxy) is 1. The molecule has 1 heterocycles. The number of guanidine groups is 1. The summed E-state index contributed by atoms with van der Waals surface area (Å²) in [5, 5.41) is 0. The van der Waals surface area contributed by atoms with Gasteiger partial charge < -0.3 is 15.4 Å². The van der Waals surface area contributed by atoms with Crippen molar-refractivity contribution in [2.24, 2.45) is 16.6 Å². The van der Waals surface area contributed by atoms with Crippen LogP contribution < -0.4 is 5.73 Å². The van der Waals surface area contributed by atoms with Crippen molar-refractivity contribution in [3.8, 4) is 0 Å². The topological polar surface area (TPSA) is 50.9 Å². The Hall–Kier alpha value is -0.770. The van der Waals surface area contributed by atoms with Gasteiger partial charge in [-0.1, -0.05) is 0 Å². The first-order valence-corrected chi connectivity index (χ1v) is 5.86. The van der Waals surface area contributed by atoms with Crippen molar-refractivity contribution < 1.29 is 4.74 Å². The monoisotopic (exact) mass is 211 g/mol. The first kappa shape index (κ1) is 10.7. The molecule has 0 bridgehead atoms. The van der Waals surface area contributed by atoms with E-state index in [2.05, 4.69) is 9.89 Å². The highest BCUT2D eigenvalue weighted by atomic mass is 16.5. The molecular weight excluding hydrogens is 190 g/mol. The molecule has 0 aromatic carbocycles. The van der Waals surface area contributed by atoms with Crippen molar-refractivity contribution in [1.82, 2.24) is 4.90 Å². The average Bonchev–Trinajstić information content (AvgIpc) is 3.03. The normalized spacial score (nSPS) is 28.2. The van der Waals surface area contributed by atoms with Crippen molar-refractivity contribution >= 4 is 5.96 Å². The Labute approximate surface area is 91.5 Å². The minimum Gasteiger partial charge on any atom is -0.384 e. The molecule has 1 unspecified atom stereocenters. The van der Waals surface area contributed by atoms with Crippen LogP contribution in [-0.2, 0) is 4.74 Å². The SMILES string of the molecule is COCC1CCCN(C(N)=NC2CC2)C1. The van der Waals surface area contributed by atoms with Gasteiger partial charge in [-0.3, -0.25) is 0 Å². The second-order valence-electron chi connectivity index (χ2n) is 4.63. The molecule has 2 N–H and O–H groups in total. The number of nitrogens with zero attached hydrogens (tertiary/aromatic N) is 2. The minimum absolute atomic E-state index is 0.521. The molecule has 86 valence electrons. The zero-order valence-electron chi connectivity index (χ0n) is 9.48. The van der Waals surface area contributed by atoms with E-state index in [1.807, 2.05) is 0 Å². The summed E-state index contributed by atoms with van der Waals surface area (Å²) in [6.07, 6.45) is 4.89. The maximum absolute atomic E-state index is 5.98. The average molecular weight is 211 g/mol. The molecule has 1 aliphatic carbocycles. The van der Waals surface area contributed by atoms with Crippen LogP contribution in [0.2, 0.25) is 0 Å². The van der Waals surface area contributed by atoms with Gasteiger partial charge in [0.05, 0.1) is 12.6 Å². The predicted octanol–water partition coefficient (Wildman–Crippen LogP) is 0.822. The largest absolute Gasteiger partial charge is 0.384 e. The van der Waals surface area contributed by atoms with Crippen LogP contribution in [0.4, 0.5) is 0 Å². The lowest BCUT2D eigenvalue weighted by Crippen LogP contribution is -2.45. The van der Waals surface area contributed by atoms with Gasteiger partial charge in [-0.05, 0) is 31.6 Å². The zero-order valence-corrected chi connectivity index (χ0v) is 9.48. The summed E-state index contributed by atoms with van der Waals surface area (Å²) >= 11 is 0. The van der Waals surface area contributed by atoms with Crippen molar-refractivity contribution in [3.63, 3.8) is 0 Å². The Morgan fingerprint density at radius 2 is 2.27 bits per heavy atom. The molecular formula is C11H21N3O. The van der Waals surface area contributed by atoms with Crippen molar-refractivity contribution in [3.05, 3.63) is 0 Å². The Balaban J connectivity index is 1.85. The van der Waals surface area contributed by atoms with Gasteiger partial charge in [-0.15, -0.1) is 0 Å². The third-order valence-electron chi connectivity index (χ3n) is 3.11. The number of methoxy groups -OCH3 is 1. The fraction of sp³-hybridized carbons (Fsp3) is 0.909. The van der Waals surface area contributed by atoms with Crippen molar-refractivity contribution in [2.45, 2.75) is 31.7 Å². The second-order valence-corrected chi connectivity index (χ2v) is 4.63. The Morgan fingerprint density at radius 1 is 1.47 bits per heavy atom. The molecule has 0 aromatic heterocycles. The van der Waals surface area contributed by atoms with Crippen LogP contribution in [0.1, 0.15) is 25.7 Å². The van der Waals surface area contributed by atoms with Gasteiger partial charge in [-0.25, -0.2) is 4.99 Å². The van der Waals surface area contributed by atoms with Crippen molar-refractivity contribution in [1.29, 1.82) is 0 Å². The van der Waals surface area contributed by atoms with Crippen LogP contribution in [0.5, 0.6) is 0 Å². The number of aliphatic imine (C=N–C) groups is 1. The fourth-order valence-electron chi connectivity index (χ4n) is 2.12. The molecule has 1 aliphatic heterocycles. The van der Waals surface area contributed by atoms with Crippen LogP contribution >= 0.6 is 0 Å². The number of nitrogens with two attached hydrogens (primary N) is 1. The quantitative estimate of drug-likeness (QED) is 0.555. The summed E-state index contributed by atoms with van der Waals surface area (Å²) in [6.45, 7) is 2.91. The summed E-state index contributed by atoms with van der Waals surface area (Å²) in [5.74, 6) is 1.37. The van der Waals surface area contributed by atoms with Gasteiger partial charge in [0.1, 0.15) is 0 Å². The molecule has 2 fully saturated rings. The lowest BCUT2D eigenvalue weighted by Gasteiger charge is -2.33. The summed E-state index contributed by atoms with van der Waals surface area (Å²) in [4.78, 5) is 6.70. The Kier molecular flexibility index (Phi) is 3.46. The predicted molar refractivity (Wildman–Crippen MR) is 60.8 cm³/mol. The highest BCUT2D eigenvalue weighted by molar-refractivity contribution is 5.78. The summed E-state index contributed by atoms with van der Waals surface area (Å²) in [6, 6.07) is 0.521. The molecule has 0 spiro atoms. The molecule has 1 atom stereocenters. The van der Waals surface area contributed by atoms with Gasteiger partial charge in [-0.2, -0.15) is 0 Å². The van der Waals surface area contributed by atoms with Gasteiger partial charge in [0.2, 0.25) is 0 Å². The van der Waals surface area contributed by atoms with Gasteiger partial charge >= 0.3 is 0 Å². The van der Waals surface area contributed by atoms with E-state index < -0.39 is 0 Å². The van der Waals surface area contributed by atoms with Crippen LogP contribution in [-0.4, -0.2) is 43.7 Å². The number of likely N-dealkylation sites (tertiary alicyclic amines) is 1. The van der Waals surface area contributed by atoms with Crippen LogP contribution in [0.25, 0.3) is 0 Å². The molecule has 2 aliphatic rings. The number of hydrogen-bond donors (Lipinski definition) is 1. The van der Waals surface area contributed by atoms with E-state index in [1.54, 1.807) is 7.11 Å². The van der Waals surface area contributed by atoms with E-state index in [4.69, 9.17) is 10.5 Å². The Bertz CT molecular complexity index is 236. The molecule has 0 amide bonds. The third-order valence-corrected chi connectivity index (χ3v) is 3.11. The fourth-order valence-corrected chi connectivity index (χ4v) is 2.12. The maximum atomic E-state index is 5.98. The van der Waals surface area contributed by atoms with Crippen LogP contribution in [0.3, 0.4) is 0 Å². The number of hydrogen-bond acceptors (Lipinski definition) is 2. The molecule has 2 rings (SSSR count). The number of piperidine rings is 1. The second kappa shape index (κ2) is 4.84. The zero-order chi connectivity index (χ0) is 10.7. The molecule has 1 saturated heterocycles. The van der Waals surface area contributed by atoms with E-state index in [9.17, 15) is 0 Å². The number of rotatable bonds is 3. The van der Waals surface area contributed by atoms with Gasteiger partial charge in [0, 0.05) is 20.2 Å². The van der Waals surface area contributed by atoms with Crippen LogP contribution in [0, 0.1) is 5.92 Å². The lowest BCUT2D eigenvalue weighted by molar-refractivity contribution is 0.115. The molecule has 15 heavy (non-hydrogen) atoms. The lowest BCUT2D eigenvalue weighted by atomic mass is 9.99. The molecule has 0 radical (unpaired) electrons. The maximum Gasteiger partial charge on any atom is 0.191 e. The standard InChI is InChI=1S/C11H21N3O/c1-15-8-9-3-2-6-14(7-9)11(12)13-10-4-5-10/h9-10H,2-8H2,1H3,(H2,12,13). The molecule has 4 heteroatoms. The molecule has 1 saturated carbocycles. The van der Waals surface area contributed by atoms with E-state index in [0.29, 0.717) is 12.0 Å². The highest BCUT2D eigenvalue weighted by Crippen LogP contribution is 2.24. The van der Waals surface area contributed by atoms with E-state index >= 15 is 0 Å². The highest BCUT2D eigenvalue weighted by Gasteiger charge is 2.24. The smallest absolute Gasteiger partial charge is 0.191 e. The van der Waals surface area contributed by atoms with Gasteiger partial charge in [0.25, 0.3) is 0 Å². The van der Waals surface area contributed by atoms with E-state index in [-0.39, 0.29) is 0 Å². The summed E-state index contributed by atoms with van der Waals surface area (Å²) < 4.78 is 5.20. The first-order valence-electron chi connectivity index (χ1n) is 5.86. The summed E-state index contributed by atoms with van der Waals surface area (Å²) in [7, 11) is 1.76. The Morgan fingerprint density at radius 3 is 2.93 bits per heavy atom. The van der Waals surface area contributed by atoms with Gasteiger partial charge in [0.15, 0.2) is 5.96 Å². The minimum atomic E-state index is 0.521. The summed E-state index contributed by atoms with van der Waals surface area (Å²) in [5.41, 5.74) is 5.98. The first-order chi connectivity index (χ1) is 7.29.